The van der Waals surface area contributed by atoms with Crippen molar-refractivity contribution in [3.8, 4) is 17.1 Å². The van der Waals surface area contributed by atoms with Crippen LogP contribution in [-0.2, 0) is 22.5 Å². The molecule has 0 saturated carbocycles. The van der Waals surface area contributed by atoms with Crippen molar-refractivity contribution in [2.45, 2.75) is 19.4 Å². The maximum Gasteiger partial charge on any atom is 0.223 e. The molecule has 1 fully saturated rings. The van der Waals surface area contributed by atoms with Gasteiger partial charge in [-0.1, -0.05) is 12.1 Å². The largest absolute Gasteiger partial charge is 0.497 e. The first-order valence-electron chi connectivity index (χ1n) is 10.9. The minimum absolute atomic E-state index is 0.0615. The van der Waals surface area contributed by atoms with Crippen LogP contribution >= 0.6 is 0 Å². The van der Waals surface area contributed by atoms with Gasteiger partial charge >= 0.3 is 0 Å². The van der Waals surface area contributed by atoms with Crippen LogP contribution in [0.3, 0.4) is 0 Å². The molecule has 1 aromatic heterocycles. The number of rotatable bonds is 8. The van der Waals surface area contributed by atoms with Crippen molar-refractivity contribution < 1.29 is 18.7 Å². The summed E-state index contributed by atoms with van der Waals surface area (Å²) in [7, 11) is 3.46. The van der Waals surface area contributed by atoms with Crippen molar-refractivity contribution in [3.63, 3.8) is 0 Å². The van der Waals surface area contributed by atoms with Gasteiger partial charge in [0.05, 0.1) is 26.5 Å². The second-order valence-electron chi connectivity index (χ2n) is 7.86. The Labute approximate surface area is 188 Å². The van der Waals surface area contributed by atoms with Crippen LogP contribution in [0.2, 0.25) is 0 Å². The van der Waals surface area contributed by atoms with E-state index in [9.17, 15) is 4.79 Å². The lowest BCUT2D eigenvalue weighted by molar-refractivity contribution is -0.130. The summed E-state index contributed by atoms with van der Waals surface area (Å²) < 4.78 is 16.4. The van der Waals surface area contributed by atoms with Gasteiger partial charge in [0.25, 0.3) is 0 Å². The highest BCUT2D eigenvalue weighted by Crippen LogP contribution is 2.23. The Morgan fingerprint density at radius 1 is 1.09 bits per heavy atom. The molecule has 32 heavy (non-hydrogen) atoms. The zero-order valence-corrected chi connectivity index (χ0v) is 18.6. The molecular formula is C25H29N3O4. The first-order valence-corrected chi connectivity index (χ1v) is 10.9. The Hall–Kier alpha value is -3.32. The Balaban J connectivity index is 1.27. The van der Waals surface area contributed by atoms with Gasteiger partial charge < -0.3 is 23.7 Å². The molecule has 168 valence electrons. The predicted molar refractivity (Wildman–Crippen MR) is 123 cm³/mol. The first-order chi connectivity index (χ1) is 15.6. The molecule has 0 N–H and O–H groups in total. The highest BCUT2D eigenvalue weighted by atomic mass is 16.5. The van der Waals surface area contributed by atoms with Crippen LogP contribution in [0, 0.1) is 0 Å². The molecule has 1 amide bonds. The minimum Gasteiger partial charge on any atom is -0.497 e. The third kappa shape index (κ3) is 5.48. The van der Waals surface area contributed by atoms with Crippen LogP contribution in [-0.4, -0.2) is 56.3 Å². The van der Waals surface area contributed by atoms with E-state index < -0.39 is 0 Å². The molecule has 0 atom stereocenters. The van der Waals surface area contributed by atoms with Gasteiger partial charge in [-0.2, -0.15) is 0 Å². The summed E-state index contributed by atoms with van der Waals surface area (Å²) in [5.74, 6) is 2.10. The average molecular weight is 436 g/mol. The minimum atomic E-state index is 0.0615. The number of anilines is 1. The van der Waals surface area contributed by atoms with Crippen molar-refractivity contribution in [1.29, 1.82) is 0 Å². The summed E-state index contributed by atoms with van der Waals surface area (Å²) in [6.07, 6.45) is 2.52. The number of oxazole rings is 1. The molecule has 3 aromatic rings. The van der Waals surface area contributed by atoms with Gasteiger partial charge in [-0.3, -0.25) is 4.79 Å². The normalized spacial score (nSPS) is 13.8. The smallest absolute Gasteiger partial charge is 0.223 e. The van der Waals surface area contributed by atoms with E-state index in [0.717, 1.165) is 43.2 Å². The Morgan fingerprint density at radius 2 is 1.81 bits per heavy atom. The quantitative estimate of drug-likeness (QED) is 0.537. The van der Waals surface area contributed by atoms with Gasteiger partial charge in [-0.25, -0.2) is 4.98 Å². The lowest BCUT2D eigenvalue weighted by atomic mass is 10.1. The van der Waals surface area contributed by atoms with Crippen LogP contribution in [0.1, 0.15) is 17.9 Å². The highest BCUT2D eigenvalue weighted by Gasteiger charge is 2.14. The Morgan fingerprint density at radius 3 is 2.50 bits per heavy atom. The number of methoxy groups -OCH3 is 1. The van der Waals surface area contributed by atoms with E-state index in [4.69, 9.17) is 13.9 Å². The zero-order valence-electron chi connectivity index (χ0n) is 18.6. The molecule has 0 spiro atoms. The van der Waals surface area contributed by atoms with Crippen molar-refractivity contribution in [1.82, 2.24) is 9.88 Å². The number of ether oxygens (including phenoxy) is 2. The molecule has 4 rings (SSSR count). The van der Waals surface area contributed by atoms with Gasteiger partial charge in [0.2, 0.25) is 5.91 Å². The summed E-state index contributed by atoms with van der Waals surface area (Å²) in [5, 5.41) is 0. The van der Waals surface area contributed by atoms with E-state index in [1.807, 2.05) is 31.3 Å². The number of nitrogens with zero attached hydrogens (tertiary/aromatic N) is 3. The number of aryl methyl sites for hydroxylation is 1. The number of benzene rings is 2. The molecule has 2 aromatic carbocycles. The van der Waals surface area contributed by atoms with Crippen LogP contribution < -0.4 is 9.64 Å². The molecule has 1 saturated heterocycles. The number of carbonyl (C=O) groups is 1. The van der Waals surface area contributed by atoms with E-state index in [1.54, 1.807) is 18.2 Å². The number of amides is 1. The van der Waals surface area contributed by atoms with E-state index in [-0.39, 0.29) is 5.91 Å². The molecule has 7 nitrogen and oxygen atoms in total. The molecular weight excluding hydrogens is 406 g/mol. The third-order valence-electron chi connectivity index (χ3n) is 5.64. The van der Waals surface area contributed by atoms with Crippen molar-refractivity contribution >= 4 is 11.6 Å². The van der Waals surface area contributed by atoms with Crippen molar-refractivity contribution in [3.05, 3.63) is 66.2 Å². The van der Waals surface area contributed by atoms with Gasteiger partial charge in [0, 0.05) is 50.8 Å². The monoisotopic (exact) mass is 435 g/mol. The molecule has 0 unspecified atom stereocenters. The summed E-state index contributed by atoms with van der Waals surface area (Å²) in [5.41, 5.74) is 3.23. The maximum atomic E-state index is 12.6. The predicted octanol–water partition coefficient (Wildman–Crippen LogP) is 3.78. The molecule has 0 aliphatic carbocycles. The van der Waals surface area contributed by atoms with Crippen molar-refractivity contribution in [2.75, 3.05) is 45.4 Å². The summed E-state index contributed by atoms with van der Waals surface area (Å²) in [6, 6.07) is 16.0. The van der Waals surface area contributed by atoms with Gasteiger partial charge in [-0.15, -0.1) is 0 Å². The fourth-order valence-corrected chi connectivity index (χ4v) is 3.72. The number of carbonyl (C=O) groups excluding carboxylic acids is 1. The molecule has 0 radical (unpaired) electrons. The highest BCUT2D eigenvalue weighted by molar-refractivity contribution is 5.76. The van der Waals surface area contributed by atoms with E-state index in [0.29, 0.717) is 31.0 Å². The third-order valence-corrected chi connectivity index (χ3v) is 5.64. The maximum absolute atomic E-state index is 12.6. The summed E-state index contributed by atoms with van der Waals surface area (Å²) in [6.45, 7) is 3.94. The number of hydrogen-bond donors (Lipinski definition) is 0. The average Bonchev–Trinajstić information content (AvgIpc) is 3.32. The van der Waals surface area contributed by atoms with Crippen LogP contribution in [0.5, 0.6) is 5.75 Å². The molecule has 7 heteroatoms. The fraction of sp³-hybridized carbons (Fsp3) is 0.360. The van der Waals surface area contributed by atoms with Gasteiger partial charge in [0.1, 0.15) is 5.75 Å². The molecule has 0 bridgehead atoms. The lowest BCUT2D eigenvalue weighted by Crippen LogP contribution is -2.36. The number of morpholine rings is 1. The van der Waals surface area contributed by atoms with Gasteiger partial charge in [0.15, 0.2) is 11.7 Å². The topological polar surface area (TPSA) is 68.0 Å². The van der Waals surface area contributed by atoms with E-state index >= 15 is 0 Å². The zero-order chi connectivity index (χ0) is 22.3. The number of aromatic nitrogens is 1. The molecule has 2 heterocycles. The van der Waals surface area contributed by atoms with E-state index in [2.05, 4.69) is 34.1 Å². The standard InChI is InChI=1S/C25H29N3O4/c1-27(18-19-3-7-21(8-4-19)28-13-15-31-16-14-28)25(29)12-11-24-26-17-23(32-24)20-5-9-22(30-2)10-6-20/h3-10,17H,11-16,18H2,1-2H3. The summed E-state index contributed by atoms with van der Waals surface area (Å²) >= 11 is 0. The lowest BCUT2D eigenvalue weighted by Gasteiger charge is -2.29. The second kappa shape index (κ2) is 10.3. The molecule has 1 aliphatic heterocycles. The molecule has 1 aliphatic rings. The van der Waals surface area contributed by atoms with E-state index in [1.165, 1.54) is 5.69 Å². The SMILES string of the molecule is COc1ccc(-c2cnc(CCC(=O)N(C)Cc3ccc(N4CCOCC4)cc3)o2)cc1. The second-order valence-corrected chi connectivity index (χ2v) is 7.86. The van der Waals surface area contributed by atoms with Crippen molar-refractivity contribution in [2.24, 2.45) is 0 Å². The first kappa shape index (κ1) is 21.9. The van der Waals surface area contributed by atoms with Crippen LogP contribution in [0.25, 0.3) is 11.3 Å². The Kier molecular flexibility index (Phi) is 7.07. The summed E-state index contributed by atoms with van der Waals surface area (Å²) in [4.78, 5) is 21.0. The van der Waals surface area contributed by atoms with Crippen LogP contribution in [0.4, 0.5) is 5.69 Å². The number of hydrogen-bond acceptors (Lipinski definition) is 6. The van der Waals surface area contributed by atoms with Gasteiger partial charge in [-0.05, 0) is 42.0 Å². The fourth-order valence-electron chi connectivity index (χ4n) is 3.72. The Bertz CT molecular complexity index is 1010. The van der Waals surface area contributed by atoms with Crippen LogP contribution in [0.15, 0.2) is 59.1 Å².